The summed E-state index contributed by atoms with van der Waals surface area (Å²) in [6.07, 6.45) is 0. The lowest BCUT2D eigenvalue weighted by molar-refractivity contribution is 0.447. The summed E-state index contributed by atoms with van der Waals surface area (Å²) >= 11 is 0. The summed E-state index contributed by atoms with van der Waals surface area (Å²) in [5.41, 5.74) is 1.10. The maximum absolute atomic E-state index is 9.59. The van der Waals surface area contributed by atoms with Crippen LogP contribution >= 0.6 is 0 Å². The molecule has 1 aromatic carbocycles. The van der Waals surface area contributed by atoms with Crippen LogP contribution in [0.15, 0.2) is 18.2 Å². The topological polar surface area (TPSA) is 20.2 Å². The quantitative estimate of drug-likeness (QED) is 0.582. The van der Waals surface area contributed by atoms with Crippen LogP contribution in [-0.2, 0) is 5.41 Å². The van der Waals surface area contributed by atoms with Gasteiger partial charge in [0.15, 0.2) is 0 Å². The Morgan fingerprint density at radius 2 is 1.83 bits per heavy atom. The van der Waals surface area contributed by atoms with Crippen molar-refractivity contribution in [1.29, 1.82) is 0 Å². The van der Waals surface area contributed by atoms with E-state index in [9.17, 15) is 5.11 Å². The molecule has 0 unspecified atom stereocenters. The Labute approximate surface area is 76.9 Å². The first-order valence-corrected chi connectivity index (χ1v) is 5.21. The average Bonchev–Trinajstić information content (AvgIpc) is 1.92. The molecule has 0 amide bonds. The Kier molecular flexibility index (Phi) is 2.28. The van der Waals surface area contributed by atoms with E-state index in [1.165, 1.54) is 5.19 Å². The largest absolute Gasteiger partial charge is 0.508 e. The molecule has 0 aliphatic rings. The van der Waals surface area contributed by atoms with Gasteiger partial charge < -0.3 is 5.11 Å². The number of rotatable bonds is 0. The van der Waals surface area contributed by atoms with Crippen molar-refractivity contribution in [2.45, 2.75) is 26.2 Å². The third-order valence-corrected chi connectivity index (χ3v) is 2.58. The van der Waals surface area contributed by atoms with E-state index in [1.807, 2.05) is 6.07 Å². The van der Waals surface area contributed by atoms with Crippen LogP contribution in [0.4, 0.5) is 0 Å². The molecule has 0 spiro atoms. The molecule has 66 valence electrons. The fourth-order valence-corrected chi connectivity index (χ4v) is 1.71. The molecule has 12 heavy (non-hydrogen) atoms. The molecule has 1 aromatic rings. The van der Waals surface area contributed by atoms with Gasteiger partial charge in [-0.15, -0.1) is 0 Å². The predicted octanol–water partition coefficient (Wildman–Crippen LogP) is 0.680. The van der Waals surface area contributed by atoms with Gasteiger partial charge in [-0.1, -0.05) is 38.1 Å². The molecule has 1 nitrogen and oxygen atoms in total. The van der Waals surface area contributed by atoms with Gasteiger partial charge in [0.1, 0.15) is 5.75 Å². The molecule has 0 fully saturated rings. The molecular weight excluding hydrogens is 164 g/mol. The van der Waals surface area contributed by atoms with Crippen molar-refractivity contribution >= 4 is 15.4 Å². The van der Waals surface area contributed by atoms with E-state index in [2.05, 4.69) is 26.8 Å². The minimum Gasteiger partial charge on any atom is -0.508 e. The third kappa shape index (κ3) is 1.88. The van der Waals surface area contributed by atoms with Crippen LogP contribution in [0.5, 0.6) is 5.75 Å². The van der Waals surface area contributed by atoms with Crippen LogP contribution in [0.25, 0.3) is 0 Å². The van der Waals surface area contributed by atoms with E-state index in [0.717, 1.165) is 15.8 Å². The lowest BCUT2D eigenvalue weighted by atomic mass is 9.86. The highest BCUT2D eigenvalue weighted by Gasteiger charge is 2.17. The third-order valence-electron chi connectivity index (χ3n) is 1.96. The molecule has 0 aromatic heterocycles. The van der Waals surface area contributed by atoms with Crippen molar-refractivity contribution in [3.05, 3.63) is 23.8 Å². The molecule has 1 N–H and O–H groups in total. The van der Waals surface area contributed by atoms with Gasteiger partial charge in [0.2, 0.25) is 0 Å². The Bertz CT molecular complexity index is 286. The van der Waals surface area contributed by atoms with Gasteiger partial charge in [-0.05, 0) is 17.0 Å². The number of phenols is 1. The Hall–Kier alpha value is -0.763. The smallest absolute Gasteiger partial charge is 0.119 e. The highest BCUT2D eigenvalue weighted by atomic mass is 28.1. The lowest BCUT2D eigenvalue weighted by Gasteiger charge is -2.20. The maximum atomic E-state index is 9.59. The standard InChI is InChI=1S/C10H16OSi/c1-10(2,3)8-6-7(12)4-5-9(8)11/h4-6,11H,1-3,12H3. The van der Waals surface area contributed by atoms with Crippen molar-refractivity contribution < 1.29 is 5.11 Å². The second kappa shape index (κ2) is 2.94. The summed E-state index contributed by atoms with van der Waals surface area (Å²) in [4.78, 5) is 0. The maximum Gasteiger partial charge on any atom is 0.119 e. The number of phenolic OH excluding ortho intramolecular Hbond substituents is 1. The average molecular weight is 180 g/mol. The van der Waals surface area contributed by atoms with Crippen LogP contribution in [-0.4, -0.2) is 15.3 Å². The zero-order valence-corrected chi connectivity index (χ0v) is 10.2. The molecule has 0 radical (unpaired) electrons. The van der Waals surface area contributed by atoms with Gasteiger partial charge in [-0.3, -0.25) is 0 Å². The Morgan fingerprint density at radius 1 is 1.25 bits per heavy atom. The molecule has 0 saturated carbocycles. The molecule has 0 bridgehead atoms. The molecule has 0 aliphatic heterocycles. The van der Waals surface area contributed by atoms with E-state index < -0.39 is 0 Å². The van der Waals surface area contributed by atoms with Crippen LogP contribution in [0, 0.1) is 0 Å². The Balaban J connectivity index is 3.23. The van der Waals surface area contributed by atoms with Crippen LogP contribution in [0.1, 0.15) is 26.3 Å². The van der Waals surface area contributed by atoms with Gasteiger partial charge in [0.25, 0.3) is 0 Å². The summed E-state index contributed by atoms with van der Waals surface area (Å²) in [6, 6.07) is 5.88. The summed E-state index contributed by atoms with van der Waals surface area (Å²) in [7, 11) is 1.04. The monoisotopic (exact) mass is 180 g/mol. The fourth-order valence-electron chi connectivity index (χ4n) is 1.25. The highest BCUT2D eigenvalue weighted by Crippen LogP contribution is 2.28. The number of aromatic hydroxyl groups is 1. The molecule has 0 atom stereocenters. The van der Waals surface area contributed by atoms with Crippen molar-refractivity contribution in [3.8, 4) is 5.75 Å². The molecule has 1 rings (SSSR count). The zero-order chi connectivity index (χ0) is 9.35. The molecule has 0 aliphatic carbocycles. The van der Waals surface area contributed by atoms with E-state index in [-0.39, 0.29) is 5.41 Å². The van der Waals surface area contributed by atoms with Crippen molar-refractivity contribution in [3.63, 3.8) is 0 Å². The predicted molar refractivity (Wildman–Crippen MR) is 56.4 cm³/mol. The summed E-state index contributed by atoms with van der Waals surface area (Å²) in [5.74, 6) is 0.419. The summed E-state index contributed by atoms with van der Waals surface area (Å²) in [5, 5.41) is 10.9. The SMILES string of the molecule is CC(C)(C)c1cc([SiH3])ccc1O. The van der Waals surface area contributed by atoms with Gasteiger partial charge in [0.05, 0.1) is 0 Å². The van der Waals surface area contributed by atoms with Crippen molar-refractivity contribution in [2.75, 3.05) is 0 Å². The van der Waals surface area contributed by atoms with E-state index in [4.69, 9.17) is 0 Å². The first-order chi connectivity index (χ1) is 5.41. The lowest BCUT2D eigenvalue weighted by Crippen LogP contribution is -2.15. The zero-order valence-electron chi connectivity index (χ0n) is 8.18. The minimum atomic E-state index is 0.0461. The summed E-state index contributed by atoms with van der Waals surface area (Å²) in [6.45, 7) is 6.34. The second-order valence-electron chi connectivity index (χ2n) is 4.27. The first kappa shape index (κ1) is 9.33. The highest BCUT2D eigenvalue weighted by molar-refractivity contribution is 6.32. The first-order valence-electron chi connectivity index (χ1n) is 4.21. The number of hydrogen-bond acceptors (Lipinski definition) is 1. The molecule has 2 heteroatoms. The van der Waals surface area contributed by atoms with Crippen molar-refractivity contribution in [2.24, 2.45) is 0 Å². The van der Waals surface area contributed by atoms with E-state index in [1.54, 1.807) is 6.07 Å². The van der Waals surface area contributed by atoms with Crippen LogP contribution < -0.4 is 5.19 Å². The van der Waals surface area contributed by atoms with Gasteiger partial charge in [-0.25, -0.2) is 0 Å². The molecule has 0 saturated heterocycles. The molecular formula is C10H16OSi. The van der Waals surface area contributed by atoms with Gasteiger partial charge >= 0.3 is 0 Å². The van der Waals surface area contributed by atoms with Crippen molar-refractivity contribution in [1.82, 2.24) is 0 Å². The number of benzene rings is 1. The summed E-state index contributed by atoms with van der Waals surface area (Å²) < 4.78 is 0. The Morgan fingerprint density at radius 3 is 2.25 bits per heavy atom. The number of hydrogen-bond donors (Lipinski definition) is 1. The van der Waals surface area contributed by atoms with E-state index in [0.29, 0.717) is 5.75 Å². The fraction of sp³-hybridized carbons (Fsp3) is 0.400. The minimum absolute atomic E-state index is 0.0461. The molecule has 0 heterocycles. The van der Waals surface area contributed by atoms with E-state index >= 15 is 0 Å². The van der Waals surface area contributed by atoms with Crippen LogP contribution in [0.2, 0.25) is 0 Å². The normalized spacial score (nSPS) is 11.9. The second-order valence-corrected chi connectivity index (χ2v) is 5.43. The van der Waals surface area contributed by atoms with Gasteiger partial charge in [-0.2, -0.15) is 0 Å². The van der Waals surface area contributed by atoms with Gasteiger partial charge in [0, 0.05) is 10.2 Å². The van der Waals surface area contributed by atoms with Crippen LogP contribution in [0.3, 0.4) is 0 Å².